The van der Waals surface area contributed by atoms with Gasteiger partial charge in [-0.25, -0.2) is 4.98 Å². The third-order valence-corrected chi connectivity index (χ3v) is 3.58. The van der Waals surface area contributed by atoms with Crippen molar-refractivity contribution in [3.63, 3.8) is 0 Å². The number of aromatic hydroxyl groups is 1. The molecule has 6 nitrogen and oxygen atoms in total. The van der Waals surface area contributed by atoms with E-state index in [4.69, 9.17) is 9.47 Å². The van der Waals surface area contributed by atoms with E-state index in [1.54, 1.807) is 18.2 Å². The molecule has 0 aliphatic rings. The molecule has 3 aromatic rings. The first-order valence-corrected chi connectivity index (χ1v) is 7.18. The quantitative estimate of drug-likeness (QED) is 0.719. The Morgan fingerprint density at radius 2 is 1.88 bits per heavy atom. The fourth-order valence-corrected chi connectivity index (χ4v) is 2.40. The molecule has 0 aliphatic carbocycles. The highest BCUT2D eigenvalue weighted by molar-refractivity contribution is 5.90. The molecule has 0 amide bonds. The molecule has 2 N–H and O–H groups in total. The summed E-state index contributed by atoms with van der Waals surface area (Å²) in [5.41, 5.74) is 2.66. The average Bonchev–Trinajstić information content (AvgIpc) is 3.04. The lowest BCUT2D eigenvalue weighted by atomic mass is 10.1. The van der Waals surface area contributed by atoms with Gasteiger partial charge in [0.2, 0.25) is 5.75 Å². The van der Waals surface area contributed by atoms with Crippen molar-refractivity contribution in [1.29, 1.82) is 5.26 Å². The molecule has 6 heteroatoms. The number of fused-ring (bicyclic) bond motifs is 1. The Hall–Kier alpha value is -3.46. The van der Waals surface area contributed by atoms with Crippen LogP contribution in [0.25, 0.3) is 22.7 Å². The highest BCUT2D eigenvalue weighted by atomic mass is 16.5. The van der Waals surface area contributed by atoms with Crippen molar-refractivity contribution in [1.82, 2.24) is 9.97 Å². The normalized spacial score (nSPS) is 11.3. The monoisotopic (exact) mass is 321 g/mol. The lowest BCUT2D eigenvalue weighted by Crippen LogP contribution is -1.91. The number of nitriles is 1. The number of imidazole rings is 1. The molecule has 24 heavy (non-hydrogen) atoms. The molecule has 120 valence electrons. The number of nitrogens with zero attached hydrogens (tertiary/aromatic N) is 2. The lowest BCUT2D eigenvalue weighted by Gasteiger charge is -2.09. The Morgan fingerprint density at radius 3 is 2.46 bits per heavy atom. The predicted molar refractivity (Wildman–Crippen MR) is 90.8 cm³/mol. The molecular formula is C18H15N3O3. The number of nitrogens with one attached hydrogen (secondary N) is 1. The summed E-state index contributed by atoms with van der Waals surface area (Å²) in [6.45, 7) is 0. The predicted octanol–water partition coefficient (Wildman–Crippen LogP) is 3.35. The molecule has 0 spiro atoms. The first-order valence-electron chi connectivity index (χ1n) is 7.18. The summed E-state index contributed by atoms with van der Waals surface area (Å²) < 4.78 is 10.3. The Balaban J connectivity index is 2.09. The van der Waals surface area contributed by atoms with Crippen molar-refractivity contribution in [2.75, 3.05) is 14.2 Å². The summed E-state index contributed by atoms with van der Waals surface area (Å²) >= 11 is 0. The highest BCUT2D eigenvalue weighted by Crippen LogP contribution is 2.38. The molecule has 0 atom stereocenters. The second-order valence-electron chi connectivity index (χ2n) is 5.05. The van der Waals surface area contributed by atoms with E-state index < -0.39 is 0 Å². The van der Waals surface area contributed by atoms with Crippen LogP contribution in [0, 0.1) is 11.3 Å². The molecule has 0 unspecified atom stereocenters. The van der Waals surface area contributed by atoms with E-state index in [-0.39, 0.29) is 17.2 Å². The molecule has 0 bridgehead atoms. The number of allylic oxidation sites excluding steroid dienone is 1. The number of H-pyrrole nitrogens is 1. The molecule has 1 aromatic heterocycles. The number of phenolic OH excluding ortho intramolecular Hbond substituents is 1. The second-order valence-corrected chi connectivity index (χ2v) is 5.05. The van der Waals surface area contributed by atoms with Crippen LogP contribution in [-0.2, 0) is 0 Å². The van der Waals surface area contributed by atoms with Gasteiger partial charge in [0.15, 0.2) is 11.5 Å². The summed E-state index contributed by atoms with van der Waals surface area (Å²) in [7, 11) is 2.90. The van der Waals surface area contributed by atoms with Gasteiger partial charge in [0, 0.05) is 0 Å². The van der Waals surface area contributed by atoms with Crippen molar-refractivity contribution in [2.45, 2.75) is 0 Å². The summed E-state index contributed by atoms with van der Waals surface area (Å²) in [5, 5.41) is 19.4. The van der Waals surface area contributed by atoms with Gasteiger partial charge in [-0.1, -0.05) is 12.1 Å². The van der Waals surface area contributed by atoms with Gasteiger partial charge in [0.25, 0.3) is 0 Å². The van der Waals surface area contributed by atoms with Gasteiger partial charge in [-0.05, 0) is 35.9 Å². The molecule has 0 saturated heterocycles. The average molecular weight is 321 g/mol. The Bertz CT molecular complexity index is 909. The Labute approximate surface area is 138 Å². The zero-order chi connectivity index (χ0) is 17.1. The molecular weight excluding hydrogens is 306 g/mol. The van der Waals surface area contributed by atoms with Crippen molar-refractivity contribution in [2.24, 2.45) is 0 Å². The fraction of sp³-hybridized carbons (Fsp3) is 0.111. The smallest absolute Gasteiger partial charge is 0.200 e. The van der Waals surface area contributed by atoms with Crippen LogP contribution >= 0.6 is 0 Å². The number of para-hydroxylation sites is 2. The topological polar surface area (TPSA) is 91.2 Å². The van der Waals surface area contributed by atoms with Crippen LogP contribution in [-0.4, -0.2) is 29.3 Å². The van der Waals surface area contributed by atoms with Crippen LogP contribution in [0.1, 0.15) is 11.4 Å². The van der Waals surface area contributed by atoms with Crippen LogP contribution < -0.4 is 9.47 Å². The molecule has 0 radical (unpaired) electrons. The maximum absolute atomic E-state index is 9.96. The number of benzene rings is 2. The van der Waals surface area contributed by atoms with Crippen molar-refractivity contribution < 1.29 is 14.6 Å². The van der Waals surface area contributed by atoms with Gasteiger partial charge < -0.3 is 19.6 Å². The number of hydrogen-bond donors (Lipinski definition) is 2. The van der Waals surface area contributed by atoms with E-state index in [2.05, 4.69) is 16.0 Å². The lowest BCUT2D eigenvalue weighted by molar-refractivity contribution is 0.340. The van der Waals surface area contributed by atoms with Gasteiger partial charge in [0.05, 0.1) is 30.8 Å². The van der Waals surface area contributed by atoms with Gasteiger partial charge in [-0.15, -0.1) is 0 Å². The molecule has 0 saturated carbocycles. The van der Waals surface area contributed by atoms with Gasteiger partial charge in [-0.2, -0.15) is 5.26 Å². The summed E-state index contributed by atoms with van der Waals surface area (Å²) in [4.78, 5) is 7.55. The molecule has 1 heterocycles. The van der Waals surface area contributed by atoms with Gasteiger partial charge in [0.1, 0.15) is 11.9 Å². The summed E-state index contributed by atoms with van der Waals surface area (Å²) in [5.74, 6) is 0.925. The molecule has 0 fully saturated rings. The number of ether oxygens (including phenoxy) is 2. The number of phenols is 1. The SMILES string of the molecule is COc1cc(C=C(C#N)c2nc3ccccc3[nH]2)cc(OC)c1O. The Kier molecular flexibility index (Phi) is 4.08. The summed E-state index contributed by atoms with van der Waals surface area (Å²) in [6.07, 6.45) is 1.65. The van der Waals surface area contributed by atoms with E-state index in [1.807, 2.05) is 24.3 Å². The maximum Gasteiger partial charge on any atom is 0.200 e. The number of rotatable bonds is 4. The number of hydrogen-bond acceptors (Lipinski definition) is 5. The summed E-state index contributed by atoms with van der Waals surface area (Å²) in [6, 6.07) is 12.9. The van der Waals surface area contributed by atoms with Crippen LogP contribution in [0.4, 0.5) is 0 Å². The minimum absolute atomic E-state index is 0.0839. The van der Waals surface area contributed by atoms with E-state index in [0.29, 0.717) is 17.0 Å². The van der Waals surface area contributed by atoms with E-state index in [9.17, 15) is 10.4 Å². The van der Waals surface area contributed by atoms with Crippen LogP contribution in [0.3, 0.4) is 0 Å². The largest absolute Gasteiger partial charge is 0.502 e. The third kappa shape index (κ3) is 2.75. The first kappa shape index (κ1) is 15.4. The van der Waals surface area contributed by atoms with Crippen LogP contribution in [0.15, 0.2) is 36.4 Å². The van der Waals surface area contributed by atoms with Gasteiger partial charge >= 0.3 is 0 Å². The van der Waals surface area contributed by atoms with Crippen molar-refractivity contribution in [3.05, 3.63) is 47.8 Å². The zero-order valence-electron chi connectivity index (χ0n) is 13.2. The third-order valence-electron chi connectivity index (χ3n) is 3.58. The highest BCUT2D eigenvalue weighted by Gasteiger charge is 2.12. The van der Waals surface area contributed by atoms with Gasteiger partial charge in [-0.3, -0.25) is 0 Å². The van der Waals surface area contributed by atoms with E-state index in [1.165, 1.54) is 14.2 Å². The minimum atomic E-state index is -0.0839. The second kappa shape index (κ2) is 6.34. The first-order chi connectivity index (χ1) is 11.7. The minimum Gasteiger partial charge on any atom is -0.502 e. The number of aromatic nitrogens is 2. The molecule has 3 rings (SSSR count). The fourth-order valence-electron chi connectivity index (χ4n) is 2.40. The van der Waals surface area contributed by atoms with Crippen LogP contribution in [0.2, 0.25) is 0 Å². The Morgan fingerprint density at radius 1 is 1.21 bits per heavy atom. The maximum atomic E-state index is 9.96. The zero-order valence-corrected chi connectivity index (χ0v) is 13.2. The standard InChI is InChI=1S/C18H15N3O3/c1-23-15-8-11(9-16(24-2)17(15)22)7-12(10-19)18-20-13-5-3-4-6-14(13)21-18/h3-9,22H,1-2H3,(H,20,21). The molecule has 0 aliphatic heterocycles. The van der Waals surface area contributed by atoms with E-state index in [0.717, 1.165) is 11.0 Å². The number of aromatic amines is 1. The number of methoxy groups -OCH3 is 2. The van der Waals surface area contributed by atoms with Crippen molar-refractivity contribution in [3.8, 4) is 23.3 Å². The van der Waals surface area contributed by atoms with E-state index >= 15 is 0 Å². The van der Waals surface area contributed by atoms with Crippen molar-refractivity contribution >= 4 is 22.7 Å². The van der Waals surface area contributed by atoms with Crippen LogP contribution in [0.5, 0.6) is 17.2 Å². The molecule has 2 aromatic carbocycles.